The van der Waals surface area contributed by atoms with Gasteiger partial charge in [0.1, 0.15) is 11.6 Å². The van der Waals surface area contributed by atoms with Crippen LogP contribution in [0, 0.1) is 5.82 Å². The second-order valence-electron chi connectivity index (χ2n) is 5.56. The van der Waals surface area contributed by atoms with Crippen LogP contribution in [0.2, 0.25) is 0 Å². The van der Waals surface area contributed by atoms with Crippen LogP contribution in [0.5, 0.6) is 5.75 Å². The van der Waals surface area contributed by atoms with Crippen molar-refractivity contribution in [2.45, 2.75) is 10.9 Å². The highest BCUT2D eigenvalue weighted by Crippen LogP contribution is 2.20. The van der Waals surface area contributed by atoms with Gasteiger partial charge >= 0.3 is 0 Å². The molecule has 0 aliphatic carbocycles. The van der Waals surface area contributed by atoms with Crippen molar-refractivity contribution in [2.24, 2.45) is 0 Å². The highest BCUT2D eigenvalue weighted by Gasteiger charge is 2.20. The van der Waals surface area contributed by atoms with Crippen LogP contribution in [-0.4, -0.2) is 41.1 Å². The van der Waals surface area contributed by atoms with E-state index in [2.05, 4.69) is 4.72 Å². The first kappa shape index (κ1) is 18.4. The van der Waals surface area contributed by atoms with Crippen LogP contribution in [0.1, 0.15) is 11.6 Å². The Morgan fingerprint density at radius 2 is 1.83 bits per heavy atom. The third-order valence-electron chi connectivity index (χ3n) is 3.69. The molecule has 0 aromatic heterocycles. The lowest BCUT2D eigenvalue weighted by molar-refractivity contribution is 0.299. The summed E-state index contributed by atoms with van der Waals surface area (Å²) in [7, 11) is 1.49. The standard InChI is InChI=1S/C17H21FN2O3S/c1-20(2)17(13-5-4-6-14(18)11-13)12-19-24(21,22)16-9-7-15(23-3)8-10-16/h4-11,17,19H,12H2,1-3H3/t17-/m0/s1. The van der Waals surface area contributed by atoms with Gasteiger partial charge < -0.3 is 9.64 Å². The summed E-state index contributed by atoms with van der Waals surface area (Å²) in [5, 5.41) is 0. The summed E-state index contributed by atoms with van der Waals surface area (Å²) in [6, 6.07) is 12.0. The van der Waals surface area contributed by atoms with E-state index in [1.807, 2.05) is 19.0 Å². The quantitative estimate of drug-likeness (QED) is 0.831. The van der Waals surface area contributed by atoms with Gasteiger partial charge in [-0.3, -0.25) is 0 Å². The van der Waals surface area contributed by atoms with Gasteiger partial charge in [-0.25, -0.2) is 17.5 Å². The molecule has 0 amide bonds. The Hall–Kier alpha value is -1.96. The van der Waals surface area contributed by atoms with E-state index in [1.165, 1.54) is 31.4 Å². The molecule has 0 bridgehead atoms. The minimum atomic E-state index is -3.66. The molecule has 0 aliphatic rings. The van der Waals surface area contributed by atoms with Crippen molar-refractivity contribution in [3.63, 3.8) is 0 Å². The van der Waals surface area contributed by atoms with Gasteiger partial charge in [0.2, 0.25) is 10.0 Å². The molecule has 24 heavy (non-hydrogen) atoms. The van der Waals surface area contributed by atoms with Crippen molar-refractivity contribution < 1.29 is 17.5 Å². The van der Waals surface area contributed by atoms with E-state index >= 15 is 0 Å². The third kappa shape index (κ3) is 4.53. The molecule has 0 heterocycles. The maximum absolute atomic E-state index is 13.4. The maximum atomic E-state index is 13.4. The zero-order chi connectivity index (χ0) is 17.7. The number of likely N-dealkylation sites (N-methyl/N-ethyl adjacent to an activating group) is 1. The van der Waals surface area contributed by atoms with Crippen LogP contribution >= 0.6 is 0 Å². The Morgan fingerprint density at radius 3 is 2.38 bits per heavy atom. The molecule has 7 heteroatoms. The van der Waals surface area contributed by atoms with Crippen LogP contribution in [0.15, 0.2) is 53.4 Å². The largest absolute Gasteiger partial charge is 0.497 e. The molecule has 130 valence electrons. The summed E-state index contributed by atoms with van der Waals surface area (Å²) in [6.07, 6.45) is 0. The van der Waals surface area contributed by atoms with Crippen LogP contribution in [0.25, 0.3) is 0 Å². The summed E-state index contributed by atoms with van der Waals surface area (Å²) >= 11 is 0. The normalized spacial score (nSPS) is 13.0. The molecule has 0 saturated carbocycles. The van der Waals surface area contributed by atoms with E-state index in [0.29, 0.717) is 11.3 Å². The molecular formula is C17H21FN2O3S. The van der Waals surface area contributed by atoms with Crippen LogP contribution < -0.4 is 9.46 Å². The van der Waals surface area contributed by atoms with Gasteiger partial charge in [-0.05, 0) is 56.1 Å². The minimum absolute atomic E-state index is 0.130. The Morgan fingerprint density at radius 1 is 1.17 bits per heavy atom. The topological polar surface area (TPSA) is 58.6 Å². The molecule has 2 aromatic carbocycles. The molecule has 1 atom stereocenters. The van der Waals surface area contributed by atoms with E-state index < -0.39 is 10.0 Å². The van der Waals surface area contributed by atoms with Gasteiger partial charge in [-0.2, -0.15) is 0 Å². The average Bonchev–Trinajstić information content (AvgIpc) is 2.55. The first-order chi connectivity index (χ1) is 11.3. The maximum Gasteiger partial charge on any atom is 0.240 e. The number of ether oxygens (including phenoxy) is 1. The Balaban J connectivity index is 2.15. The van der Waals surface area contributed by atoms with Crippen molar-refractivity contribution in [3.05, 3.63) is 59.9 Å². The number of rotatable bonds is 7. The predicted octanol–water partition coefficient (Wildman–Crippen LogP) is 2.42. The zero-order valence-corrected chi connectivity index (χ0v) is 14.7. The number of nitrogens with one attached hydrogen (secondary N) is 1. The monoisotopic (exact) mass is 352 g/mol. The van der Waals surface area contributed by atoms with Crippen molar-refractivity contribution in [2.75, 3.05) is 27.7 Å². The summed E-state index contributed by atoms with van der Waals surface area (Å²) < 4.78 is 45.9. The number of methoxy groups -OCH3 is 1. The Kier molecular flexibility index (Phi) is 5.93. The zero-order valence-electron chi connectivity index (χ0n) is 13.9. The number of halogens is 1. The Bertz CT molecular complexity index is 777. The van der Waals surface area contributed by atoms with E-state index in [4.69, 9.17) is 4.74 Å². The molecule has 0 aliphatic heterocycles. The lowest BCUT2D eigenvalue weighted by Crippen LogP contribution is -2.34. The second-order valence-corrected chi connectivity index (χ2v) is 7.33. The minimum Gasteiger partial charge on any atom is -0.497 e. The fourth-order valence-corrected chi connectivity index (χ4v) is 3.38. The first-order valence-electron chi connectivity index (χ1n) is 7.39. The predicted molar refractivity (Wildman–Crippen MR) is 91.0 cm³/mol. The van der Waals surface area contributed by atoms with Crippen LogP contribution in [-0.2, 0) is 10.0 Å². The second kappa shape index (κ2) is 7.74. The highest BCUT2D eigenvalue weighted by molar-refractivity contribution is 7.89. The number of hydrogen-bond donors (Lipinski definition) is 1. The van der Waals surface area contributed by atoms with E-state index in [-0.39, 0.29) is 23.3 Å². The number of benzene rings is 2. The lowest BCUT2D eigenvalue weighted by Gasteiger charge is -2.25. The molecule has 0 unspecified atom stereocenters. The van der Waals surface area contributed by atoms with E-state index in [1.54, 1.807) is 24.3 Å². The van der Waals surface area contributed by atoms with Gasteiger partial charge in [-0.1, -0.05) is 12.1 Å². The van der Waals surface area contributed by atoms with Gasteiger partial charge in [0.25, 0.3) is 0 Å². The average molecular weight is 352 g/mol. The van der Waals surface area contributed by atoms with Gasteiger partial charge in [0.15, 0.2) is 0 Å². The number of hydrogen-bond acceptors (Lipinski definition) is 4. The summed E-state index contributed by atoms with van der Waals surface area (Å²) in [5.41, 5.74) is 0.706. The highest BCUT2D eigenvalue weighted by atomic mass is 32.2. The molecule has 0 saturated heterocycles. The van der Waals surface area contributed by atoms with E-state index in [9.17, 15) is 12.8 Å². The van der Waals surface area contributed by atoms with Crippen molar-refractivity contribution in [1.82, 2.24) is 9.62 Å². The molecule has 0 fully saturated rings. The van der Waals surface area contributed by atoms with Crippen molar-refractivity contribution in [3.8, 4) is 5.75 Å². The molecular weight excluding hydrogens is 331 g/mol. The molecule has 1 N–H and O–H groups in total. The van der Waals surface area contributed by atoms with Crippen molar-refractivity contribution >= 4 is 10.0 Å². The van der Waals surface area contributed by atoms with Crippen LogP contribution in [0.4, 0.5) is 4.39 Å². The van der Waals surface area contributed by atoms with Crippen LogP contribution in [0.3, 0.4) is 0 Å². The fourth-order valence-electron chi connectivity index (χ4n) is 2.34. The fraction of sp³-hybridized carbons (Fsp3) is 0.294. The third-order valence-corrected chi connectivity index (χ3v) is 5.13. The summed E-state index contributed by atoms with van der Waals surface area (Å²) in [6.45, 7) is 0.130. The van der Waals surface area contributed by atoms with E-state index in [0.717, 1.165) is 0 Å². The number of nitrogens with zero attached hydrogens (tertiary/aromatic N) is 1. The summed E-state index contributed by atoms with van der Waals surface area (Å²) in [4.78, 5) is 1.99. The lowest BCUT2D eigenvalue weighted by atomic mass is 10.1. The Labute approximate surface area is 142 Å². The first-order valence-corrected chi connectivity index (χ1v) is 8.87. The number of sulfonamides is 1. The van der Waals surface area contributed by atoms with Gasteiger partial charge in [0.05, 0.1) is 12.0 Å². The smallest absolute Gasteiger partial charge is 0.240 e. The molecule has 5 nitrogen and oxygen atoms in total. The molecule has 0 radical (unpaired) electrons. The van der Waals surface area contributed by atoms with Crippen molar-refractivity contribution in [1.29, 1.82) is 0 Å². The molecule has 0 spiro atoms. The van der Waals surface area contributed by atoms with Gasteiger partial charge in [-0.15, -0.1) is 0 Å². The van der Waals surface area contributed by atoms with Gasteiger partial charge in [0, 0.05) is 12.6 Å². The summed E-state index contributed by atoms with van der Waals surface area (Å²) in [5.74, 6) is 0.234. The molecule has 2 aromatic rings. The molecule has 2 rings (SSSR count). The SMILES string of the molecule is COc1ccc(S(=O)(=O)NC[C@@H](c2cccc(F)c2)N(C)C)cc1.